The summed E-state index contributed by atoms with van der Waals surface area (Å²) in [7, 11) is 0. The van der Waals surface area contributed by atoms with E-state index < -0.39 is 12.0 Å². The van der Waals surface area contributed by atoms with E-state index in [1.54, 1.807) is 0 Å². The highest BCUT2D eigenvalue weighted by atomic mass is 16.4. The topological polar surface area (TPSA) is 63.3 Å². The van der Waals surface area contributed by atoms with Crippen LogP contribution in [0, 0.1) is 0 Å². The van der Waals surface area contributed by atoms with Gasteiger partial charge in [0.1, 0.15) is 6.04 Å². The Bertz CT molecular complexity index is 258. The smallest absolute Gasteiger partial charge is 0.320 e. The fourth-order valence-corrected chi connectivity index (χ4v) is 0.955. The fourth-order valence-electron chi connectivity index (χ4n) is 0.955. The van der Waals surface area contributed by atoms with Gasteiger partial charge >= 0.3 is 5.97 Å². The van der Waals surface area contributed by atoms with Crippen LogP contribution in [0.5, 0.6) is 0 Å². The molecule has 0 saturated carbocycles. The third-order valence-corrected chi connectivity index (χ3v) is 1.62. The number of carboxylic acid groups (broad SMARTS) is 1. The van der Waals surface area contributed by atoms with Gasteiger partial charge in [0.05, 0.1) is 0 Å². The molecule has 0 radical (unpaired) electrons. The van der Waals surface area contributed by atoms with Gasteiger partial charge in [0.25, 0.3) is 0 Å². The number of carboxylic acids is 1. The number of hydrogen-bond donors (Lipinski definition) is 2. The molecule has 0 fully saturated rings. The molecule has 0 aliphatic rings. The number of carbonyl (C=O) groups is 1. The van der Waals surface area contributed by atoms with Gasteiger partial charge in [0, 0.05) is 0 Å². The summed E-state index contributed by atoms with van der Waals surface area (Å²) in [4.78, 5) is 10.4. The van der Waals surface area contributed by atoms with E-state index in [4.69, 9.17) is 10.8 Å². The minimum atomic E-state index is -0.959. The number of nitrogens with two attached hydrogens (primary N) is 1. The molecule has 1 aromatic rings. The molecule has 0 spiro atoms. The molecule has 0 bridgehead atoms. The lowest BCUT2D eigenvalue weighted by molar-refractivity contribution is -0.138. The SMILES string of the molecule is N[13C@@H]([13CH2][13c]1cc[13cH][13cH][13cH]1)C(=O)O. The first kappa shape index (κ1) is 8.74. The van der Waals surface area contributed by atoms with E-state index >= 15 is 0 Å². The standard InChI is InChI=1S/C9H11NO2/c10-8(9(11)12)6-7-4-2-1-3-5-7/h1-5,8H,6,10H2,(H,11,12)/t8-/m0/s1/i1+1,2+1,4+1,6+1,7+1,8+1. The lowest BCUT2D eigenvalue weighted by Gasteiger charge is -2.04. The minimum Gasteiger partial charge on any atom is -0.480 e. The molecule has 1 atom stereocenters. The van der Waals surface area contributed by atoms with E-state index in [0.29, 0.717) is 6.42 Å². The van der Waals surface area contributed by atoms with Crippen molar-refractivity contribution in [3.05, 3.63) is 35.9 Å². The van der Waals surface area contributed by atoms with E-state index in [1.807, 2.05) is 30.3 Å². The molecule has 0 amide bonds. The maximum Gasteiger partial charge on any atom is 0.320 e. The molecule has 1 rings (SSSR count). The maximum absolute atomic E-state index is 10.4. The highest BCUT2D eigenvalue weighted by Gasteiger charge is 2.10. The van der Waals surface area contributed by atoms with E-state index in [1.165, 1.54) is 0 Å². The number of hydrogen-bond acceptors (Lipinski definition) is 2. The van der Waals surface area contributed by atoms with Crippen LogP contribution in [-0.2, 0) is 11.2 Å². The summed E-state index contributed by atoms with van der Waals surface area (Å²) < 4.78 is 0. The van der Waals surface area contributed by atoms with Crippen molar-refractivity contribution in [2.45, 2.75) is 12.5 Å². The Hall–Kier alpha value is -1.35. The monoisotopic (exact) mass is 171 g/mol. The first-order valence-electron chi connectivity index (χ1n) is 3.72. The summed E-state index contributed by atoms with van der Waals surface area (Å²) in [6.45, 7) is 0. The average Bonchev–Trinajstić information content (AvgIpc) is 2.06. The van der Waals surface area contributed by atoms with Crippen LogP contribution in [0.4, 0.5) is 0 Å². The average molecular weight is 171 g/mol. The zero-order chi connectivity index (χ0) is 8.97. The van der Waals surface area contributed by atoms with Crippen molar-refractivity contribution in [2.24, 2.45) is 5.73 Å². The third kappa shape index (κ3) is 2.36. The molecule has 0 aliphatic carbocycles. The largest absolute Gasteiger partial charge is 0.480 e. The quantitative estimate of drug-likeness (QED) is 0.656. The minimum absolute atomic E-state index is 0.385. The highest BCUT2D eigenvalue weighted by Crippen LogP contribution is 2.01. The Morgan fingerprint density at radius 1 is 1.42 bits per heavy atom. The second-order valence-electron chi connectivity index (χ2n) is 2.63. The molecule has 3 N–H and O–H groups in total. The Morgan fingerprint density at radius 3 is 2.50 bits per heavy atom. The molecule has 0 aromatic heterocycles. The van der Waals surface area contributed by atoms with Gasteiger partial charge in [-0.2, -0.15) is 0 Å². The number of benzene rings is 1. The van der Waals surface area contributed by atoms with Crippen molar-refractivity contribution >= 4 is 5.97 Å². The van der Waals surface area contributed by atoms with Gasteiger partial charge in [-0.3, -0.25) is 4.79 Å². The summed E-state index contributed by atoms with van der Waals surface area (Å²) >= 11 is 0. The predicted molar refractivity (Wildman–Crippen MR) is 45.8 cm³/mol. The van der Waals surface area contributed by atoms with Crippen LogP contribution in [0.15, 0.2) is 30.3 Å². The van der Waals surface area contributed by atoms with Crippen molar-refractivity contribution in [3.63, 3.8) is 0 Å². The van der Waals surface area contributed by atoms with E-state index in [-0.39, 0.29) is 0 Å². The van der Waals surface area contributed by atoms with Gasteiger partial charge in [0.15, 0.2) is 0 Å². The lowest BCUT2D eigenvalue weighted by Crippen LogP contribution is -2.32. The van der Waals surface area contributed by atoms with Gasteiger partial charge in [-0.15, -0.1) is 0 Å². The van der Waals surface area contributed by atoms with Gasteiger partial charge < -0.3 is 10.8 Å². The molecule has 1 aromatic carbocycles. The van der Waals surface area contributed by atoms with Crippen LogP contribution in [0.25, 0.3) is 0 Å². The van der Waals surface area contributed by atoms with E-state index in [0.717, 1.165) is 5.56 Å². The Morgan fingerprint density at radius 2 is 2.00 bits per heavy atom. The van der Waals surface area contributed by atoms with Crippen molar-refractivity contribution in [2.75, 3.05) is 0 Å². The van der Waals surface area contributed by atoms with Gasteiger partial charge in [-0.05, 0) is 12.0 Å². The van der Waals surface area contributed by atoms with Gasteiger partial charge in [-0.25, -0.2) is 0 Å². The molecule has 12 heavy (non-hydrogen) atoms. The normalized spacial score (nSPS) is 12.4. The molecule has 0 heterocycles. The highest BCUT2D eigenvalue weighted by molar-refractivity contribution is 5.73. The summed E-state index contributed by atoms with van der Waals surface area (Å²) in [5.41, 5.74) is 6.30. The van der Waals surface area contributed by atoms with Crippen molar-refractivity contribution in [1.29, 1.82) is 0 Å². The Kier molecular flexibility index (Phi) is 2.82. The molecular formula is C9H11NO2. The van der Waals surface area contributed by atoms with Crippen LogP contribution in [-0.4, -0.2) is 17.1 Å². The van der Waals surface area contributed by atoms with Crippen molar-refractivity contribution in [1.82, 2.24) is 0 Å². The summed E-state index contributed by atoms with van der Waals surface area (Å²) in [5.74, 6) is -0.959. The third-order valence-electron chi connectivity index (χ3n) is 1.62. The summed E-state index contributed by atoms with van der Waals surface area (Å²) in [6.07, 6.45) is 0.385. The molecule has 0 unspecified atom stereocenters. The van der Waals surface area contributed by atoms with Crippen molar-refractivity contribution in [3.8, 4) is 0 Å². The summed E-state index contributed by atoms with van der Waals surface area (Å²) in [5, 5.41) is 8.52. The Balaban J connectivity index is 2.58. The first-order valence-corrected chi connectivity index (χ1v) is 3.72. The molecule has 0 aliphatic heterocycles. The van der Waals surface area contributed by atoms with Gasteiger partial charge in [-0.1, -0.05) is 30.3 Å². The Labute approximate surface area is 70.8 Å². The first-order chi connectivity index (χ1) is 5.70. The second kappa shape index (κ2) is 3.88. The lowest BCUT2D eigenvalue weighted by atomic mass is 10.7. The van der Waals surface area contributed by atoms with Gasteiger partial charge in [0.2, 0.25) is 0 Å². The molecule has 3 nitrogen and oxygen atoms in total. The van der Waals surface area contributed by atoms with Crippen LogP contribution >= 0.6 is 0 Å². The fraction of sp³-hybridized carbons (Fsp3) is 0.222. The van der Waals surface area contributed by atoms with E-state index in [9.17, 15) is 4.79 Å². The van der Waals surface area contributed by atoms with Crippen LogP contribution in [0.1, 0.15) is 5.56 Å². The number of rotatable bonds is 3. The zero-order valence-corrected chi connectivity index (χ0v) is 6.60. The second-order valence-corrected chi connectivity index (χ2v) is 2.63. The molecular weight excluding hydrogens is 160 g/mol. The van der Waals surface area contributed by atoms with E-state index in [2.05, 4.69) is 0 Å². The van der Waals surface area contributed by atoms with Crippen LogP contribution < -0.4 is 5.73 Å². The zero-order valence-electron chi connectivity index (χ0n) is 6.60. The predicted octanol–water partition coefficient (Wildman–Crippen LogP) is 0.641. The molecule has 3 heteroatoms. The molecule has 64 valence electrons. The van der Waals surface area contributed by atoms with Crippen LogP contribution in [0.2, 0.25) is 0 Å². The summed E-state index contributed by atoms with van der Waals surface area (Å²) in [6, 6.07) is 8.54. The number of aliphatic carboxylic acids is 1. The molecule has 0 saturated heterocycles. The maximum atomic E-state index is 10.4. The van der Waals surface area contributed by atoms with Crippen molar-refractivity contribution < 1.29 is 9.90 Å². The van der Waals surface area contributed by atoms with Crippen LogP contribution in [0.3, 0.4) is 0 Å².